The first-order chi connectivity index (χ1) is 16.4. The molecule has 1 fully saturated rings. The molecule has 2 atom stereocenters. The number of hydrogen-bond donors (Lipinski definition) is 2. The van der Waals surface area contributed by atoms with Gasteiger partial charge in [0.25, 0.3) is 11.5 Å². The second-order valence-corrected chi connectivity index (χ2v) is 8.69. The van der Waals surface area contributed by atoms with Crippen molar-refractivity contribution in [2.24, 2.45) is 5.92 Å². The van der Waals surface area contributed by atoms with E-state index in [4.69, 9.17) is 0 Å². The molecule has 2 aliphatic rings. The average molecular weight is 464 g/mol. The predicted molar refractivity (Wildman–Crippen MR) is 123 cm³/mol. The van der Waals surface area contributed by atoms with Crippen LogP contribution in [0.5, 0.6) is 0 Å². The summed E-state index contributed by atoms with van der Waals surface area (Å²) in [6, 6.07) is 13.7. The van der Waals surface area contributed by atoms with Gasteiger partial charge in [-0.25, -0.2) is 13.6 Å². The molecule has 0 saturated carbocycles. The zero-order chi connectivity index (χ0) is 23.8. The molecule has 2 N–H and O–H groups in total. The number of urea groups is 1. The summed E-state index contributed by atoms with van der Waals surface area (Å²) in [6.07, 6.45) is 0.861. The van der Waals surface area contributed by atoms with E-state index in [1.165, 1.54) is 42.5 Å². The molecule has 2 unspecified atom stereocenters. The largest absolute Gasteiger partial charge is 0.338 e. The number of anilines is 2. The van der Waals surface area contributed by atoms with Crippen LogP contribution in [0.4, 0.5) is 25.0 Å². The van der Waals surface area contributed by atoms with Crippen LogP contribution in [0.25, 0.3) is 0 Å². The van der Waals surface area contributed by atoms with Crippen LogP contribution < -0.4 is 16.2 Å². The molecule has 34 heavy (non-hydrogen) atoms. The minimum absolute atomic E-state index is 0.0141. The lowest BCUT2D eigenvalue weighted by Gasteiger charge is -2.43. The Morgan fingerprint density at radius 3 is 2.44 bits per heavy atom. The monoisotopic (exact) mass is 464 g/mol. The Bertz CT molecular complexity index is 1320. The van der Waals surface area contributed by atoms with E-state index in [0.717, 1.165) is 12.1 Å². The standard InChI is InChI=1S/C25H22F2N4O3/c26-18-6-4-16(5-7-18)23(32)30-12-15-10-17(14-30)22-9-8-21(24(33)31(22)13-15)29-25(34)28-20-3-1-2-19(27)11-20/h1-9,11,15,17H,10,12-14H2,(H2,28,29,34). The number of piperidine rings is 1. The third kappa shape index (κ3) is 4.28. The van der Waals surface area contributed by atoms with Crippen LogP contribution in [0.1, 0.15) is 28.4 Å². The molecule has 3 amide bonds. The number of benzene rings is 2. The molecule has 7 nitrogen and oxygen atoms in total. The van der Waals surface area contributed by atoms with Gasteiger partial charge in [0.05, 0.1) is 0 Å². The second-order valence-electron chi connectivity index (χ2n) is 8.69. The zero-order valence-corrected chi connectivity index (χ0v) is 18.1. The SMILES string of the molecule is O=C(Nc1cccc(F)c1)Nc1ccc2n(c1=O)CC1CC2CN(C(=O)c2ccc(F)cc2)C1. The number of hydrogen-bond acceptors (Lipinski definition) is 3. The minimum Gasteiger partial charge on any atom is -0.338 e. The highest BCUT2D eigenvalue weighted by Gasteiger charge is 2.37. The fourth-order valence-corrected chi connectivity index (χ4v) is 4.83. The number of fused-ring (bicyclic) bond motifs is 4. The topological polar surface area (TPSA) is 83.4 Å². The number of nitrogens with one attached hydrogen (secondary N) is 2. The first-order valence-corrected chi connectivity index (χ1v) is 11.0. The Hall–Kier alpha value is -4.01. The normalized spacial score (nSPS) is 18.7. The molecule has 9 heteroatoms. The number of aromatic nitrogens is 1. The third-order valence-corrected chi connectivity index (χ3v) is 6.31. The molecule has 3 heterocycles. The predicted octanol–water partition coefficient (Wildman–Crippen LogP) is 4.03. The zero-order valence-electron chi connectivity index (χ0n) is 18.1. The van der Waals surface area contributed by atoms with Crippen molar-refractivity contribution in [1.82, 2.24) is 9.47 Å². The Morgan fingerprint density at radius 1 is 0.882 bits per heavy atom. The molecule has 174 valence electrons. The maximum atomic E-state index is 13.3. The second kappa shape index (κ2) is 8.74. The summed E-state index contributed by atoms with van der Waals surface area (Å²) in [5.74, 6) is -0.957. The molecule has 2 aliphatic heterocycles. The van der Waals surface area contributed by atoms with Crippen LogP contribution in [0.2, 0.25) is 0 Å². The maximum Gasteiger partial charge on any atom is 0.323 e. The average Bonchev–Trinajstić information content (AvgIpc) is 2.81. The Morgan fingerprint density at radius 2 is 1.68 bits per heavy atom. The minimum atomic E-state index is -0.643. The van der Waals surface area contributed by atoms with Crippen molar-refractivity contribution in [3.63, 3.8) is 0 Å². The van der Waals surface area contributed by atoms with Gasteiger partial charge in [0.1, 0.15) is 17.3 Å². The van der Waals surface area contributed by atoms with Crippen LogP contribution in [0.15, 0.2) is 65.5 Å². The molecule has 1 aromatic heterocycles. The maximum absolute atomic E-state index is 13.3. The van der Waals surface area contributed by atoms with Crippen molar-refractivity contribution in [2.75, 3.05) is 23.7 Å². The van der Waals surface area contributed by atoms with E-state index >= 15 is 0 Å². The first-order valence-electron chi connectivity index (χ1n) is 11.0. The van der Waals surface area contributed by atoms with E-state index in [1.54, 1.807) is 27.7 Å². The molecule has 0 spiro atoms. The van der Waals surface area contributed by atoms with Gasteiger partial charge in [0.15, 0.2) is 0 Å². The van der Waals surface area contributed by atoms with Crippen molar-refractivity contribution in [3.8, 4) is 0 Å². The van der Waals surface area contributed by atoms with Crippen molar-refractivity contribution in [3.05, 3.63) is 93.9 Å². The molecule has 0 aliphatic carbocycles. The van der Waals surface area contributed by atoms with Gasteiger partial charge in [-0.05, 0) is 66.9 Å². The lowest BCUT2D eigenvalue weighted by molar-refractivity contribution is 0.0594. The summed E-state index contributed by atoms with van der Waals surface area (Å²) in [6.45, 7) is 1.38. The third-order valence-electron chi connectivity index (χ3n) is 6.31. The van der Waals surface area contributed by atoms with E-state index in [-0.39, 0.29) is 34.7 Å². The van der Waals surface area contributed by atoms with Gasteiger partial charge in [0, 0.05) is 42.5 Å². The number of likely N-dealkylation sites (tertiary alicyclic amines) is 1. The van der Waals surface area contributed by atoms with E-state index in [0.29, 0.717) is 25.2 Å². The molecular weight excluding hydrogens is 442 g/mol. The highest BCUT2D eigenvalue weighted by Crippen LogP contribution is 2.36. The van der Waals surface area contributed by atoms with Crippen LogP contribution in [-0.4, -0.2) is 34.5 Å². The number of nitrogens with zero attached hydrogens (tertiary/aromatic N) is 2. The molecule has 0 radical (unpaired) electrons. The molecule has 2 aromatic carbocycles. The summed E-state index contributed by atoms with van der Waals surface area (Å²) in [7, 11) is 0. The summed E-state index contributed by atoms with van der Waals surface area (Å²) in [5.41, 5.74) is 1.32. The molecule has 1 saturated heterocycles. The van der Waals surface area contributed by atoms with Gasteiger partial charge in [-0.2, -0.15) is 0 Å². The fourth-order valence-electron chi connectivity index (χ4n) is 4.83. The number of pyridine rings is 1. The van der Waals surface area contributed by atoms with Crippen molar-refractivity contribution >= 4 is 23.3 Å². The van der Waals surface area contributed by atoms with E-state index in [9.17, 15) is 23.2 Å². The lowest BCUT2D eigenvalue weighted by atomic mass is 9.83. The number of carbonyl (C=O) groups is 2. The van der Waals surface area contributed by atoms with E-state index in [2.05, 4.69) is 10.6 Å². The number of rotatable bonds is 3. The Balaban J connectivity index is 1.32. The van der Waals surface area contributed by atoms with Crippen molar-refractivity contribution in [2.45, 2.75) is 18.9 Å². The van der Waals surface area contributed by atoms with Gasteiger partial charge in [0.2, 0.25) is 0 Å². The number of carbonyl (C=O) groups excluding carboxylic acids is 2. The summed E-state index contributed by atoms with van der Waals surface area (Å²) < 4.78 is 28.2. The quantitative estimate of drug-likeness (QED) is 0.614. The van der Waals surface area contributed by atoms with Crippen LogP contribution in [0, 0.1) is 17.6 Å². The van der Waals surface area contributed by atoms with Crippen molar-refractivity contribution in [1.29, 1.82) is 0 Å². The van der Waals surface area contributed by atoms with E-state index in [1.807, 2.05) is 0 Å². The fraction of sp³-hybridized carbons (Fsp3) is 0.240. The van der Waals surface area contributed by atoms with Crippen LogP contribution in [0.3, 0.4) is 0 Å². The van der Waals surface area contributed by atoms with Crippen LogP contribution >= 0.6 is 0 Å². The summed E-state index contributed by atoms with van der Waals surface area (Å²) in [5, 5.41) is 5.06. The van der Waals surface area contributed by atoms with Gasteiger partial charge in [-0.1, -0.05) is 6.07 Å². The molecule has 2 bridgehead atoms. The number of halogens is 2. The van der Waals surface area contributed by atoms with Gasteiger partial charge in [-0.3, -0.25) is 9.59 Å². The summed E-state index contributed by atoms with van der Waals surface area (Å²) >= 11 is 0. The highest BCUT2D eigenvalue weighted by molar-refractivity contribution is 5.99. The first kappa shape index (κ1) is 21.8. The van der Waals surface area contributed by atoms with Gasteiger partial charge < -0.3 is 20.1 Å². The van der Waals surface area contributed by atoms with E-state index < -0.39 is 17.7 Å². The smallest absolute Gasteiger partial charge is 0.323 e. The van der Waals surface area contributed by atoms with Crippen molar-refractivity contribution < 1.29 is 18.4 Å². The Kier molecular flexibility index (Phi) is 5.61. The molecule has 5 rings (SSSR count). The molecular formula is C25H22F2N4O3. The lowest BCUT2D eigenvalue weighted by Crippen LogP contribution is -2.49. The number of amides is 3. The van der Waals surface area contributed by atoms with Crippen LogP contribution in [-0.2, 0) is 6.54 Å². The molecule has 3 aromatic rings. The van der Waals surface area contributed by atoms with Gasteiger partial charge >= 0.3 is 6.03 Å². The Labute approximate surface area is 194 Å². The highest BCUT2D eigenvalue weighted by atomic mass is 19.1. The van der Waals surface area contributed by atoms with Gasteiger partial charge in [-0.15, -0.1) is 0 Å². The summed E-state index contributed by atoms with van der Waals surface area (Å²) in [4.78, 5) is 40.1.